The van der Waals surface area contributed by atoms with Gasteiger partial charge in [-0.3, -0.25) is 9.36 Å². The van der Waals surface area contributed by atoms with Gasteiger partial charge in [-0.15, -0.1) is 0 Å². The molecule has 5 nitrogen and oxygen atoms in total. The van der Waals surface area contributed by atoms with Crippen molar-refractivity contribution in [3.8, 4) is 0 Å². The Morgan fingerprint density at radius 1 is 1.37 bits per heavy atom. The van der Waals surface area contributed by atoms with Gasteiger partial charge < -0.3 is 5.11 Å². The Hall–Kier alpha value is -1.65. The summed E-state index contributed by atoms with van der Waals surface area (Å²) in [7, 11) is 0. The zero-order valence-corrected chi connectivity index (χ0v) is 12.3. The van der Waals surface area contributed by atoms with Crippen molar-refractivity contribution in [2.24, 2.45) is 0 Å². The predicted octanol–water partition coefficient (Wildman–Crippen LogP) is 2.02. The first-order chi connectivity index (χ1) is 8.70. The number of aryl methyl sites for hydroxylation is 1. The van der Waals surface area contributed by atoms with Gasteiger partial charge in [0.2, 0.25) is 0 Å². The standard InChI is InChI=1S/C14H22N2O3/c1-6-7-14(4,5)16-10(3)11(8-12(17)18)9(2)15-13(16)19/h6-8H2,1-5H3,(H,17,18). The molecule has 5 heteroatoms. The number of rotatable bonds is 5. The molecule has 0 amide bonds. The zero-order chi connectivity index (χ0) is 14.8. The molecule has 0 aliphatic carbocycles. The molecule has 0 aliphatic rings. The van der Waals surface area contributed by atoms with Crippen molar-refractivity contribution in [1.82, 2.24) is 9.55 Å². The van der Waals surface area contributed by atoms with Gasteiger partial charge in [-0.2, -0.15) is 4.98 Å². The SMILES string of the molecule is CCCC(C)(C)n1c(C)c(CC(=O)O)c(C)nc1=O. The fraction of sp³-hybridized carbons (Fsp3) is 0.643. The summed E-state index contributed by atoms with van der Waals surface area (Å²) in [4.78, 5) is 27.0. The predicted molar refractivity (Wildman–Crippen MR) is 73.5 cm³/mol. The Balaban J connectivity index is 3.49. The first-order valence-electron chi connectivity index (χ1n) is 6.52. The molecule has 0 saturated heterocycles. The molecule has 0 bridgehead atoms. The molecule has 19 heavy (non-hydrogen) atoms. The van der Waals surface area contributed by atoms with Gasteiger partial charge in [0.25, 0.3) is 0 Å². The summed E-state index contributed by atoms with van der Waals surface area (Å²) in [6.07, 6.45) is 1.68. The van der Waals surface area contributed by atoms with Crippen molar-refractivity contribution in [3.63, 3.8) is 0 Å². The van der Waals surface area contributed by atoms with E-state index in [1.165, 1.54) is 0 Å². The Morgan fingerprint density at radius 3 is 2.42 bits per heavy atom. The van der Waals surface area contributed by atoms with Crippen LogP contribution < -0.4 is 5.69 Å². The second kappa shape index (κ2) is 5.55. The van der Waals surface area contributed by atoms with E-state index in [1.807, 2.05) is 13.8 Å². The number of carboxylic acid groups (broad SMARTS) is 1. The Bertz CT molecular complexity index is 544. The molecular formula is C14H22N2O3. The van der Waals surface area contributed by atoms with Gasteiger partial charge in [-0.05, 0) is 34.1 Å². The number of aromatic nitrogens is 2. The highest BCUT2D eigenvalue weighted by molar-refractivity contribution is 5.70. The largest absolute Gasteiger partial charge is 0.481 e. The molecule has 1 heterocycles. The van der Waals surface area contributed by atoms with E-state index in [9.17, 15) is 9.59 Å². The van der Waals surface area contributed by atoms with Crippen molar-refractivity contribution < 1.29 is 9.90 Å². The topological polar surface area (TPSA) is 72.2 Å². The van der Waals surface area contributed by atoms with Crippen LogP contribution >= 0.6 is 0 Å². The van der Waals surface area contributed by atoms with Crippen LogP contribution in [0.3, 0.4) is 0 Å². The molecule has 0 aromatic carbocycles. The first-order valence-corrected chi connectivity index (χ1v) is 6.52. The minimum atomic E-state index is -0.911. The van der Waals surface area contributed by atoms with Gasteiger partial charge in [0.05, 0.1) is 6.42 Å². The molecule has 0 aliphatic heterocycles. The summed E-state index contributed by atoms with van der Waals surface area (Å²) in [5.41, 5.74) is 1.19. The first kappa shape index (κ1) is 15.4. The number of carboxylic acids is 1. The van der Waals surface area contributed by atoms with Crippen molar-refractivity contribution >= 4 is 5.97 Å². The van der Waals surface area contributed by atoms with Crippen LogP contribution in [0.25, 0.3) is 0 Å². The zero-order valence-electron chi connectivity index (χ0n) is 12.3. The number of aliphatic carboxylic acids is 1. The Labute approximate surface area is 113 Å². The van der Waals surface area contributed by atoms with E-state index in [1.54, 1.807) is 18.4 Å². The highest BCUT2D eigenvalue weighted by atomic mass is 16.4. The molecule has 106 valence electrons. The van der Waals surface area contributed by atoms with Crippen LogP contribution in [0.4, 0.5) is 0 Å². The molecule has 1 aromatic rings. The van der Waals surface area contributed by atoms with Crippen molar-refractivity contribution in [1.29, 1.82) is 0 Å². The van der Waals surface area contributed by atoms with E-state index in [4.69, 9.17) is 5.11 Å². The van der Waals surface area contributed by atoms with Crippen LogP contribution in [-0.4, -0.2) is 20.6 Å². The lowest BCUT2D eigenvalue weighted by Crippen LogP contribution is -2.40. The average molecular weight is 266 g/mol. The molecule has 0 radical (unpaired) electrons. The summed E-state index contributed by atoms with van der Waals surface area (Å²) in [6, 6.07) is 0. The van der Waals surface area contributed by atoms with Crippen LogP contribution in [0.1, 0.15) is 50.6 Å². The minimum Gasteiger partial charge on any atom is -0.481 e. The maximum absolute atomic E-state index is 12.1. The lowest BCUT2D eigenvalue weighted by molar-refractivity contribution is -0.136. The summed E-state index contributed by atoms with van der Waals surface area (Å²) in [6.45, 7) is 9.50. The number of nitrogens with zero attached hydrogens (tertiary/aromatic N) is 2. The average Bonchev–Trinajstić information content (AvgIpc) is 2.22. The van der Waals surface area contributed by atoms with E-state index in [0.29, 0.717) is 17.0 Å². The van der Waals surface area contributed by atoms with Crippen LogP contribution in [-0.2, 0) is 16.8 Å². The highest BCUT2D eigenvalue weighted by Gasteiger charge is 2.25. The van der Waals surface area contributed by atoms with Crippen molar-refractivity contribution in [2.75, 3.05) is 0 Å². The lowest BCUT2D eigenvalue weighted by Gasteiger charge is -2.30. The quantitative estimate of drug-likeness (QED) is 0.885. The van der Waals surface area contributed by atoms with E-state index in [-0.39, 0.29) is 17.6 Å². The Kier molecular flexibility index (Phi) is 4.50. The highest BCUT2D eigenvalue weighted by Crippen LogP contribution is 2.23. The second-order valence-corrected chi connectivity index (χ2v) is 5.51. The van der Waals surface area contributed by atoms with Crippen molar-refractivity contribution in [3.05, 3.63) is 27.4 Å². The molecule has 0 saturated carbocycles. The van der Waals surface area contributed by atoms with Crippen LogP contribution in [0.15, 0.2) is 4.79 Å². The third-order valence-electron chi connectivity index (χ3n) is 3.46. The van der Waals surface area contributed by atoms with E-state index in [0.717, 1.165) is 12.8 Å². The summed E-state index contributed by atoms with van der Waals surface area (Å²) in [5, 5.41) is 8.97. The summed E-state index contributed by atoms with van der Waals surface area (Å²) < 4.78 is 1.63. The van der Waals surface area contributed by atoms with Gasteiger partial charge in [-0.1, -0.05) is 13.3 Å². The second-order valence-electron chi connectivity index (χ2n) is 5.51. The van der Waals surface area contributed by atoms with Crippen LogP contribution in [0, 0.1) is 13.8 Å². The number of hydrogen-bond acceptors (Lipinski definition) is 3. The Morgan fingerprint density at radius 2 is 1.95 bits per heavy atom. The van der Waals surface area contributed by atoms with Crippen LogP contribution in [0.5, 0.6) is 0 Å². The molecule has 0 spiro atoms. The maximum Gasteiger partial charge on any atom is 0.348 e. The molecule has 1 aromatic heterocycles. The third kappa shape index (κ3) is 3.22. The monoisotopic (exact) mass is 266 g/mol. The van der Waals surface area contributed by atoms with Crippen LogP contribution in [0.2, 0.25) is 0 Å². The van der Waals surface area contributed by atoms with Gasteiger partial charge in [-0.25, -0.2) is 4.79 Å². The molecular weight excluding hydrogens is 244 g/mol. The fourth-order valence-corrected chi connectivity index (χ4v) is 2.64. The van der Waals surface area contributed by atoms with Gasteiger partial charge in [0.1, 0.15) is 0 Å². The van der Waals surface area contributed by atoms with Gasteiger partial charge in [0.15, 0.2) is 0 Å². The lowest BCUT2D eigenvalue weighted by atomic mass is 9.96. The summed E-state index contributed by atoms with van der Waals surface area (Å²) >= 11 is 0. The van der Waals surface area contributed by atoms with Gasteiger partial charge in [0, 0.05) is 22.5 Å². The normalized spacial score (nSPS) is 11.6. The molecule has 0 fully saturated rings. The summed E-state index contributed by atoms with van der Waals surface area (Å²) in [5.74, 6) is -0.911. The molecule has 0 atom stereocenters. The molecule has 1 rings (SSSR count). The molecule has 0 unspecified atom stereocenters. The number of carbonyl (C=O) groups is 1. The number of hydrogen-bond donors (Lipinski definition) is 1. The molecule has 1 N–H and O–H groups in total. The fourth-order valence-electron chi connectivity index (χ4n) is 2.64. The smallest absolute Gasteiger partial charge is 0.348 e. The van der Waals surface area contributed by atoms with E-state index >= 15 is 0 Å². The van der Waals surface area contributed by atoms with Gasteiger partial charge >= 0.3 is 11.7 Å². The van der Waals surface area contributed by atoms with E-state index < -0.39 is 5.97 Å². The maximum atomic E-state index is 12.1. The van der Waals surface area contributed by atoms with E-state index in [2.05, 4.69) is 11.9 Å². The third-order valence-corrected chi connectivity index (χ3v) is 3.46. The van der Waals surface area contributed by atoms with Crippen molar-refractivity contribution in [2.45, 2.75) is 59.4 Å². The minimum absolute atomic E-state index is 0.104.